The lowest BCUT2D eigenvalue weighted by atomic mass is 9.89. The Labute approximate surface area is 106 Å². The number of benzene rings is 1. The van der Waals surface area contributed by atoms with Crippen molar-refractivity contribution < 1.29 is 0 Å². The minimum atomic E-state index is 0.711. The molecule has 0 unspecified atom stereocenters. The van der Waals surface area contributed by atoms with E-state index < -0.39 is 0 Å². The first-order chi connectivity index (χ1) is 8.27. The predicted molar refractivity (Wildman–Crippen MR) is 75.9 cm³/mol. The van der Waals surface area contributed by atoms with E-state index in [9.17, 15) is 0 Å². The van der Waals surface area contributed by atoms with E-state index in [1.165, 1.54) is 38.5 Å². The minimum Gasteiger partial charge on any atom is -0.0683 e. The van der Waals surface area contributed by atoms with Gasteiger partial charge >= 0.3 is 0 Å². The molecule has 0 spiro atoms. The molecule has 0 aliphatic heterocycles. The van der Waals surface area contributed by atoms with E-state index in [0.717, 1.165) is 0 Å². The van der Waals surface area contributed by atoms with Crippen molar-refractivity contribution in [3.05, 3.63) is 33.9 Å². The van der Waals surface area contributed by atoms with Crippen LogP contribution in [0.3, 0.4) is 0 Å². The Hall–Kier alpha value is -0.780. The summed E-state index contributed by atoms with van der Waals surface area (Å²) in [5.74, 6) is 0.711. The van der Waals surface area contributed by atoms with Gasteiger partial charge in [0.1, 0.15) is 0 Å². The fourth-order valence-corrected chi connectivity index (χ4v) is 3.46. The molecule has 3 rings (SSSR count). The third kappa shape index (κ3) is 2.14. The molecule has 0 aromatic heterocycles. The van der Waals surface area contributed by atoms with Gasteiger partial charge in [0, 0.05) is 0 Å². The van der Waals surface area contributed by atoms with E-state index in [4.69, 9.17) is 0 Å². The summed E-state index contributed by atoms with van der Waals surface area (Å²) in [5, 5.41) is 0. The summed E-state index contributed by atoms with van der Waals surface area (Å²) in [5.41, 5.74) is 8.56. The number of aryl methyl sites for hydroxylation is 1. The normalized spacial score (nSPS) is 16.5. The van der Waals surface area contributed by atoms with Crippen molar-refractivity contribution in [2.24, 2.45) is 0 Å². The van der Waals surface area contributed by atoms with E-state index in [-0.39, 0.29) is 0 Å². The fourth-order valence-electron chi connectivity index (χ4n) is 3.46. The molecule has 0 radical (unpaired) electrons. The second kappa shape index (κ2) is 5.25. The van der Waals surface area contributed by atoms with E-state index >= 15 is 0 Å². The van der Waals surface area contributed by atoms with Gasteiger partial charge in [-0.1, -0.05) is 33.8 Å². The number of rotatable bonds is 1. The highest BCUT2D eigenvalue weighted by molar-refractivity contribution is 5.51. The number of hydrogen-bond acceptors (Lipinski definition) is 0. The molecule has 1 aromatic carbocycles. The van der Waals surface area contributed by atoms with Crippen LogP contribution in [-0.4, -0.2) is 0 Å². The molecule has 0 atom stereocenters. The second-order valence-corrected chi connectivity index (χ2v) is 5.42. The molecule has 2 aliphatic carbocycles. The molecule has 1 aromatic rings. The maximum Gasteiger partial charge on any atom is -0.0216 e. The van der Waals surface area contributed by atoms with Crippen LogP contribution in [0.15, 0.2) is 6.07 Å². The third-order valence-corrected chi connectivity index (χ3v) is 4.14. The first-order valence-corrected chi connectivity index (χ1v) is 7.43. The van der Waals surface area contributed by atoms with Crippen molar-refractivity contribution in [3.63, 3.8) is 0 Å². The third-order valence-electron chi connectivity index (χ3n) is 4.14. The van der Waals surface area contributed by atoms with Crippen molar-refractivity contribution in [2.45, 2.75) is 72.1 Å². The summed E-state index contributed by atoms with van der Waals surface area (Å²) in [6, 6.07) is 2.52. The van der Waals surface area contributed by atoms with Crippen molar-refractivity contribution in [1.29, 1.82) is 0 Å². The van der Waals surface area contributed by atoms with Gasteiger partial charge in [0.05, 0.1) is 0 Å². The van der Waals surface area contributed by atoms with Crippen LogP contribution in [0.1, 0.15) is 74.3 Å². The Morgan fingerprint density at radius 1 is 0.824 bits per heavy atom. The van der Waals surface area contributed by atoms with Crippen LogP contribution in [0.2, 0.25) is 0 Å². The summed E-state index contributed by atoms with van der Waals surface area (Å²) >= 11 is 0. The van der Waals surface area contributed by atoms with Gasteiger partial charge in [-0.2, -0.15) is 0 Å². The van der Waals surface area contributed by atoms with Crippen LogP contribution < -0.4 is 0 Å². The molecule has 0 fully saturated rings. The number of fused-ring (bicyclic) bond motifs is 3. The smallest absolute Gasteiger partial charge is 0.0216 e. The summed E-state index contributed by atoms with van der Waals surface area (Å²) in [6.07, 6.45) is 8.18. The molecular formula is C17H26. The summed E-state index contributed by atoms with van der Waals surface area (Å²) in [4.78, 5) is 0. The average molecular weight is 230 g/mol. The molecule has 0 heteroatoms. The summed E-state index contributed by atoms with van der Waals surface area (Å²) in [7, 11) is 0. The molecule has 17 heavy (non-hydrogen) atoms. The maximum atomic E-state index is 2.52. The van der Waals surface area contributed by atoms with E-state index in [1.807, 2.05) is 13.8 Å². The quantitative estimate of drug-likeness (QED) is 0.649. The van der Waals surface area contributed by atoms with E-state index in [2.05, 4.69) is 19.9 Å². The van der Waals surface area contributed by atoms with Gasteiger partial charge in [-0.05, 0) is 72.3 Å². The van der Waals surface area contributed by atoms with Crippen LogP contribution in [0.5, 0.6) is 0 Å². The molecule has 94 valence electrons. The fraction of sp³-hybridized carbons (Fsp3) is 0.647. The summed E-state index contributed by atoms with van der Waals surface area (Å²) in [6.45, 7) is 8.69. The SMILES string of the molecule is CC.CC(C)c1cc2c(c3c1CCC3)CCC2. The highest BCUT2D eigenvalue weighted by Crippen LogP contribution is 2.38. The molecular weight excluding hydrogens is 204 g/mol. The molecule has 0 saturated carbocycles. The predicted octanol–water partition coefficient (Wildman–Crippen LogP) is 4.81. The van der Waals surface area contributed by atoms with Crippen molar-refractivity contribution in [2.75, 3.05) is 0 Å². The Kier molecular flexibility index (Phi) is 3.91. The van der Waals surface area contributed by atoms with Gasteiger partial charge < -0.3 is 0 Å². The Morgan fingerprint density at radius 2 is 1.41 bits per heavy atom. The zero-order valence-electron chi connectivity index (χ0n) is 11.9. The molecule has 0 amide bonds. The van der Waals surface area contributed by atoms with Crippen LogP contribution in [-0.2, 0) is 25.7 Å². The zero-order chi connectivity index (χ0) is 12.4. The van der Waals surface area contributed by atoms with E-state index in [0.29, 0.717) is 5.92 Å². The van der Waals surface area contributed by atoms with Crippen molar-refractivity contribution in [3.8, 4) is 0 Å². The van der Waals surface area contributed by atoms with Crippen LogP contribution >= 0.6 is 0 Å². The zero-order valence-corrected chi connectivity index (χ0v) is 11.9. The van der Waals surface area contributed by atoms with Gasteiger partial charge in [0.25, 0.3) is 0 Å². The van der Waals surface area contributed by atoms with Crippen molar-refractivity contribution in [1.82, 2.24) is 0 Å². The van der Waals surface area contributed by atoms with Gasteiger partial charge in [-0.3, -0.25) is 0 Å². The Bertz CT molecular complexity index is 399. The molecule has 0 N–H and O–H groups in total. The van der Waals surface area contributed by atoms with Crippen LogP contribution in [0, 0.1) is 0 Å². The maximum absolute atomic E-state index is 2.52. The van der Waals surface area contributed by atoms with Gasteiger partial charge in [0.15, 0.2) is 0 Å². The molecule has 0 bridgehead atoms. The van der Waals surface area contributed by atoms with Gasteiger partial charge in [-0.15, -0.1) is 0 Å². The molecule has 2 aliphatic rings. The number of hydrogen-bond donors (Lipinski definition) is 0. The first kappa shape index (κ1) is 12.7. The lowest BCUT2D eigenvalue weighted by Gasteiger charge is -2.16. The highest BCUT2D eigenvalue weighted by Gasteiger charge is 2.24. The van der Waals surface area contributed by atoms with E-state index in [1.54, 1.807) is 27.8 Å². The van der Waals surface area contributed by atoms with Gasteiger partial charge in [-0.25, -0.2) is 0 Å². The molecule has 0 heterocycles. The monoisotopic (exact) mass is 230 g/mol. The Morgan fingerprint density at radius 3 is 2.12 bits per heavy atom. The Balaban J connectivity index is 0.000000514. The molecule has 0 saturated heterocycles. The minimum absolute atomic E-state index is 0.711. The van der Waals surface area contributed by atoms with Crippen LogP contribution in [0.4, 0.5) is 0 Å². The first-order valence-electron chi connectivity index (χ1n) is 7.43. The topological polar surface area (TPSA) is 0 Å². The van der Waals surface area contributed by atoms with Gasteiger partial charge in [0.2, 0.25) is 0 Å². The average Bonchev–Trinajstić information content (AvgIpc) is 2.98. The lowest BCUT2D eigenvalue weighted by Crippen LogP contribution is -2.00. The van der Waals surface area contributed by atoms with Crippen LogP contribution in [0.25, 0.3) is 0 Å². The second-order valence-electron chi connectivity index (χ2n) is 5.42. The highest BCUT2D eigenvalue weighted by atomic mass is 14.3. The standard InChI is InChI=1S/C15H20.C2H6/c1-10(2)15-9-11-5-3-6-12(11)13-7-4-8-14(13)15;1-2/h9-10H,3-8H2,1-2H3;1-2H3. The largest absolute Gasteiger partial charge is 0.0683 e. The molecule has 0 nitrogen and oxygen atoms in total. The van der Waals surface area contributed by atoms with Crippen molar-refractivity contribution >= 4 is 0 Å². The lowest BCUT2D eigenvalue weighted by molar-refractivity contribution is 0.835. The summed E-state index contributed by atoms with van der Waals surface area (Å²) < 4.78 is 0.